The second kappa shape index (κ2) is 12.4. The Kier molecular flexibility index (Phi) is 8.78. The summed E-state index contributed by atoms with van der Waals surface area (Å²) < 4.78 is 1.57. The molecule has 0 spiro atoms. The highest BCUT2D eigenvalue weighted by molar-refractivity contribution is 7.99. The second-order valence-corrected chi connectivity index (χ2v) is 11.9. The maximum absolute atomic E-state index is 13.8. The number of hydrazone groups is 1. The number of phenolic OH excluding ortho intramolecular Hbond substituents is 1. The van der Waals surface area contributed by atoms with Crippen molar-refractivity contribution in [2.24, 2.45) is 5.10 Å². The number of thiophene rings is 1. The molecule has 8 nitrogen and oxygen atoms in total. The summed E-state index contributed by atoms with van der Waals surface area (Å²) in [7, 11) is 0. The van der Waals surface area contributed by atoms with Crippen molar-refractivity contribution in [1.82, 2.24) is 15.0 Å². The summed E-state index contributed by atoms with van der Waals surface area (Å²) >= 11 is 8.85. The first-order chi connectivity index (χ1) is 19.4. The number of aromatic hydroxyl groups is 1. The number of amides is 1. The van der Waals surface area contributed by atoms with Crippen LogP contribution < -0.4 is 15.9 Å². The zero-order valence-electron chi connectivity index (χ0n) is 22.3. The van der Waals surface area contributed by atoms with E-state index >= 15 is 0 Å². The molecule has 0 atom stereocenters. The van der Waals surface area contributed by atoms with Crippen molar-refractivity contribution in [2.45, 2.75) is 44.7 Å². The predicted molar refractivity (Wildman–Crippen MR) is 165 cm³/mol. The average molecular weight is 596 g/mol. The SMILES string of the molecule is CCN(CC)c1ccc(/C=N/NC(=O)CSc2nc3sc4c(c3c(=O)n2-c2ccc(Cl)cc2)CCCC4)c(O)c1. The van der Waals surface area contributed by atoms with Gasteiger partial charge >= 0.3 is 0 Å². The summed E-state index contributed by atoms with van der Waals surface area (Å²) in [5.41, 5.74) is 5.55. The normalized spacial score (nSPS) is 13.1. The number of fused-ring (bicyclic) bond motifs is 3. The number of nitrogens with zero attached hydrogens (tertiary/aromatic N) is 4. The van der Waals surface area contributed by atoms with E-state index in [0.29, 0.717) is 31.6 Å². The molecule has 11 heteroatoms. The highest BCUT2D eigenvalue weighted by atomic mass is 35.5. The molecular weight excluding hydrogens is 566 g/mol. The van der Waals surface area contributed by atoms with E-state index in [-0.39, 0.29) is 23.0 Å². The minimum atomic E-state index is -0.358. The Hall–Kier alpha value is -3.34. The zero-order chi connectivity index (χ0) is 28.2. The Balaban J connectivity index is 1.35. The maximum Gasteiger partial charge on any atom is 0.267 e. The number of anilines is 1. The summed E-state index contributed by atoms with van der Waals surface area (Å²) in [5.74, 6) is -0.274. The second-order valence-electron chi connectivity index (χ2n) is 9.40. The number of rotatable bonds is 9. The third-order valence-electron chi connectivity index (χ3n) is 6.91. The van der Waals surface area contributed by atoms with Crippen LogP contribution in [0.2, 0.25) is 5.02 Å². The maximum atomic E-state index is 13.8. The molecule has 2 aromatic carbocycles. The molecule has 2 aromatic heterocycles. The quantitative estimate of drug-likeness (QED) is 0.110. The zero-order valence-corrected chi connectivity index (χ0v) is 24.7. The van der Waals surface area contributed by atoms with Gasteiger partial charge in [0.15, 0.2) is 5.16 Å². The van der Waals surface area contributed by atoms with Crippen LogP contribution in [0, 0.1) is 0 Å². The average Bonchev–Trinajstić information content (AvgIpc) is 3.33. The number of aromatic nitrogens is 2. The van der Waals surface area contributed by atoms with Crippen molar-refractivity contribution in [3.05, 3.63) is 73.8 Å². The molecule has 208 valence electrons. The number of thioether (sulfide) groups is 1. The Morgan fingerprint density at radius 3 is 2.67 bits per heavy atom. The molecule has 0 saturated carbocycles. The standard InChI is InChI=1S/C29H30ClN5O3S2/c1-3-34(4-2)21-12-9-18(23(36)15-21)16-31-33-25(37)17-39-29-32-27-26(22-7-5-6-8-24(22)40-27)28(38)35(29)20-13-10-19(30)11-14-20/h9-16,36H,3-8,17H2,1-2H3,(H,33,37)/b31-16+. The van der Waals surface area contributed by atoms with Gasteiger partial charge in [0, 0.05) is 40.3 Å². The summed E-state index contributed by atoms with van der Waals surface area (Å²) in [6.07, 6.45) is 5.44. The van der Waals surface area contributed by atoms with E-state index in [1.807, 2.05) is 6.07 Å². The lowest BCUT2D eigenvalue weighted by molar-refractivity contribution is -0.118. The Bertz CT molecular complexity index is 1630. The highest BCUT2D eigenvalue weighted by Crippen LogP contribution is 2.35. The Morgan fingerprint density at radius 1 is 1.20 bits per heavy atom. The lowest BCUT2D eigenvalue weighted by Gasteiger charge is -2.21. The van der Waals surface area contributed by atoms with Gasteiger partial charge in [0.25, 0.3) is 11.5 Å². The van der Waals surface area contributed by atoms with Crippen molar-refractivity contribution in [3.8, 4) is 11.4 Å². The molecule has 0 saturated heterocycles. The number of carbonyl (C=O) groups is 1. The van der Waals surface area contributed by atoms with Crippen molar-refractivity contribution in [3.63, 3.8) is 0 Å². The van der Waals surface area contributed by atoms with Crippen LogP contribution in [0.5, 0.6) is 5.75 Å². The monoisotopic (exact) mass is 595 g/mol. The molecule has 0 bridgehead atoms. The first-order valence-electron chi connectivity index (χ1n) is 13.3. The molecular formula is C29H30ClN5O3S2. The number of benzene rings is 2. The lowest BCUT2D eigenvalue weighted by atomic mass is 9.97. The molecule has 40 heavy (non-hydrogen) atoms. The predicted octanol–water partition coefficient (Wildman–Crippen LogP) is 5.77. The first-order valence-corrected chi connectivity index (χ1v) is 15.4. The Labute approximate surface area is 245 Å². The van der Waals surface area contributed by atoms with Crippen molar-refractivity contribution in [2.75, 3.05) is 23.7 Å². The number of carbonyl (C=O) groups excluding carboxylic acids is 1. The fraction of sp³-hybridized carbons (Fsp3) is 0.310. The summed E-state index contributed by atoms with van der Waals surface area (Å²) in [6, 6.07) is 12.4. The van der Waals surface area contributed by atoms with E-state index in [9.17, 15) is 14.7 Å². The fourth-order valence-corrected chi connectivity index (χ4v) is 7.10. The summed E-state index contributed by atoms with van der Waals surface area (Å²) in [4.78, 5) is 35.4. The number of hydrogen-bond acceptors (Lipinski definition) is 8. The van der Waals surface area contributed by atoms with Gasteiger partial charge < -0.3 is 10.0 Å². The minimum absolute atomic E-state index is 0.000839. The van der Waals surface area contributed by atoms with Crippen LogP contribution in [0.1, 0.15) is 42.7 Å². The molecule has 0 radical (unpaired) electrons. The van der Waals surface area contributed by atoms with Crippen LogP contribution >= 0.6 is 34.7 Å². The van der Waals surface area contributed by atoms with E-state index in [4.69, 9.17) is 16.6 Å². The summed E-state index contributed by atoms with van der Waals surface area (Å²) in [6.45, 7) is 5.78. The van der Waals surface area contributed by atoms with Crippen LogP contribution in [0.4, 0.5) is 5.69 Å². The molecule has 0 unspecified atom stereocenters. The van der Waals surface area contributed by atoms with E-state index in [1.54, 1.807) is 52.3 Å². The fourth-order valence-electron chi connectivity index (χ4n) is 4.86. The van der Waals surface area contributed by atoms with E-state index in [2.05, 4.69) is 29.3 Å². The smallest absolute Gasteiger partial charge is 0.267 e. The van der Waals surface area contributed by atoms with Gasteiger partial charge in [0.1, 0.15) is 10.6 Å². The van der Waals surface area contributed by atoms with Gasteiger partial charge in [-0.2, -0.15) is 5.10 Å². The van der Waals surface area contributed by atoms with Crippen LogP contribution in [0.25, 0.3) is 15.9 Å². The molecule has 2 heterocycles. The molecule has 1 aliphatic rings. The van der Waals surface area contributed by atoms with Gasteiger partial charge in [-0.15, -0.1) is 11.3 Å². The van der Waals surface area contributed by atoms with Gasteiger partial charge in [-0.1, -0.05) is 23.4 Å². The van der Waals surface area contributed by atoms with Crippen LogP contribution in [-0.2, 0) is 17.6 Å². The van der Waals surface area contributed by atoms with Gasteiger partial charge in [-0.3, -0.25) is 14.2 Å². The largest absolute Gasteiger partial charge is 0.507 e. The van der Waals surface area contributed by atoms with Crippen LogP contribution in [-0.4, -0.2) is 45.6 Å². The van der Waals surface area contributed by atoms with E-state index in [1.165, 1.54) is 22.9 Å². The third-order valence-corrected chi connectivity index (χ3v) is 9.29. The number of phenols is 1. The van der Waals surface area contributed by atoms with Crippen molar-refractivity contribution < 1.29 is 9.90 Å². The first kappa shape index (κ1) is 28.2. The topological polar surface area (TPSA) is 99.8 Å². The van der Waals surface area contributed by atoms with Crippen LogP contribution in [0.3, 0.4) is 0 Å². The molecule has 2 N–H and O–H groups in total. The third kappa shape index (κ3) is 5.89. The van der Waals surface area contributed by atoms with Gasteiger partial charge in [-0.25, -0.2) is 10.4 Å². The number of halogens is 1. The number of nitrogens with one attached hydrogen (secondary N) is 1. The lowest BCUT2D eigenvalue weighted by Crippen LogP contribution is -2.24. The molecule has 1 amide bonds. The van der Waals surface area contributed by atoms with Crippen LogP contribution in [0.15, 0.2) is 57.5 Å². The van der Waals surface area contributed by atoms with Crippen molar-refractivity contribution in [1.29, 1.82) is 0 Å². The number of hydrogen-bond donors (Lipinski definition) is 2. The summed E-state index contributed by atoms with van der Waals surface area (Å²) in [5, 5.41) is 16.1. The highest BCUT2D eigenvalue weighted by Gasteiger charge is 2.23. The number of aryl methyl sites for hydroxylation is 2. The molecule has 0 fully saturated rings. The van der Waals surface area contributed by atoms with Crippen molar-refractivity contribution >= 4 is 62.7 Å². The van der Waals surface area contributed by atoms with E-state index < -0.39 is 0 Å². The molecule has 0 aliphatic heterocycles. The van der Waals surface area contributed by atoms with Gasteiger partial charge in [0.2, 0.25) is 0 Å². The Morgan fingerprint density at radius 2 is 1.95 bits per heavy atom. The van der Waals surface area contributed by atoms with Gasteiger partial charge in [-0.05, 0) is 81.5 Å². The van der Waals surface area contributed by atoms with E-state index in [0.717, 1.165) is 50.0 Å². The molecule has 4 aromatic rings. The minimum Gasteiger partial charge on any atom is -0.507 e. The van der Waals surface area contributed by atoms with Gasteiger partial charge in [0.05, 0.1) is 23.0 Å². The molecule has 5 rings (SSSR count). The molecule has 1 aliphatic carbocycles.